The second-order valence-electron chi connectivity index (χ2n) is 4.26. The molecule has 0 aliphatic heterocycles. The van der Waals surface area contributed by atoms with Crippen LogP contribution >= 0.6 is 0 Å². The molecular weight excluding hydrogens is 178 g/mol. The van der Waals surface area contributed by atoms with E-state index in [1.807, 2.05) is 13.8 Å². The summed E-state index contributed by atoms with van der Waals surface area (Å²) in [5.41, 5.74) is 5.60. The van der Waals surface area contributed by atoms with Gasteiger partial charge >= 0.3 is 0 Å². The van der Waals surface area contributed by atoms with Crippen LogP contribution in [0.1, 0.15) is 40.5 Å². The van der Waals surface area contributed by atoms with E-state index in [0.717, 1.165) is 19.4 Å². The fraction of sp³-hybridized carbons (Fsp3) is 1.00. The van der Waals surface area contributed by atoms with Crippen molar-refractivity contribution in [2.24, 2.45) is 11.7 Å². The quantitative estimate of drug-likeness (QED) is 0.615. The van der Waals surface area contributed by atoms with Crippen LogP contribution in [-0.4, -0.2) is 25.5 Å². The molecule has 0 saturated heterocycles. The lowest BCUT2D eigenvalue weighted by molar-refractivity contribution is -0.133. The van der Waals surface area contributed by atoms with Crippen molar-refractivity contribution in [3.05, 3.63) is 0 Å². The van der Waals surface area contributed by atoms with Crippen molar-refractivity contribution in [2.75, 3.05) is 13.2 Å². The van der Waals surface area contributed by atoms with E-state index in [1.165, 1.54) is 0 Å². The smallest absolute Gasteiger partial charge is 0.154 e. The predicted octanol–water partition coefficient (Wildman–Crippen LogP) is 2.15. The van der Waals surface area contributed by atoms with Crippen molar-refractivity contribution in [2.45, 2.75) is 52.9 Å². The first kappa shape index (κ1) is 13.9. The van der Waals surface area contributed by atoms with Gasteiger partial charge in [0.2, 0.25) is 0 Å². The standard InChI is InChI=1S/C11H25NO2/c1-9(2)5-7-13-11(4)14-8-6-10(3)12/h9-11H,5-8,12H2,1-4H3. The average Bonchev–Trinajstić information content (AvgIpc) is 2.02. The molecule has 0 spiro atoms. The van der Waals surface area contributed by atoms with Gasteiger partial charge in [-0.3, -0.25) is 0 Å². The van der Waals surface area contributed by atoms with Crippen LogP contribution in [0.15, 0.2) is 0 Å². The average molecular weight is 203 g/mol. The van der Waals surface area contributed by atoms with Crippen molar-refractivity contribution in [3.8, 4) is 0 Å². The topological polar surface area (TPSA) is 44.5 Å². The minimum atomic E-state index is -0.104. The summed E-state index contributed by atoms with van der Waals surface area (Å²) < 4.78 is 10.9. The maximum Gasteiger partial charge on any atom is 0.154 e. The summed E-state index contributed by atoms with van der Waals surface area (Å²) in [6.07, 6.45) is 1.87. The van der Waals surface area contributed by atoms with Crippen molar-refractivity contribution in [1.82, 2.24) is 0 Å². The van der Waals surface area contributed by atoms with Crippen LogP contribution in [0.5, 0.6) is 0 Å². The lowest BCUT2D eigenvalue weighted by Gasteiger charge is -2.15. The molecule has 0 aromatic rings. The summed E-state index contributed by atoms with van der Waals surface area (Å²) in [5, 5.41) is 0. The summed E-state index contributed by atoms with van der Waals surface area (Å²) in [6, 6.07) is 0.206. The maximum absolute atomic E-state index is 5.60. The Morgan fingerprint density at radius 1 is 0.929 bits per heavy atom. The molecule has 0 heterocycles. The number of hydrogen-bond acceptors (Lipinski definition) is 3. The number of ether oxygens (including phenoxy) is 2. The zero-order valence-corrected chi connectivity index (χ0v) is 9.95. The van der Waals surface area contributed by atoms with Crippen LogP contribution in [-0.2, 0) is 9.47 Å². The van der Waals surface area contributed by atoms with Gasteiger partial charge in [0.05, 0.1) is 6.61 Å². The van der Waals surface area contributed by atoms with Crippen molar-refractivity contribution < 1.29 is 9.47 Å². The van der Waals surface area contributed by atoms with Crippen LogP contribution in [0.4, 0.5) is 0 Å². The molecule has 0 radical (unpaired) electrons. The second kappa shape index (κ2) is 8.21. The molecule has 2 unspecified atom stereocenters. The summed E-state index contributed by atoms with van der Waals surface area (Å²) in [4.78, 5) is 0. The zero-order chi connectivity index (χ0) is 11.0. The van der Waals surface area contributed by atoms with E-state index in [-0.39, 0.29) is 12.3 Å². The van der Waals surface area contributed by atoms with E-state index >= 15 is 0 Å². The molecule has 0 aromatic carbocycles. The highest BCUT2D eigenvalue weighted by molar-refractivity contribution is 4.51. The van der Waals surface area contributed by atoms with Crippen LogP contribution in [0.25, 0.3) is 0 Å². The Morgan fingerprint density at radius 2 is 1.43 bits per heavy atom. The normalized spacial score (nSPS) is 15.9. The van der Waals surface area contributed by atoms with E-state index in [2.05, 4.69) is 13.8 Å². The van der Waals surface area contributed by atoms with Gasteiger partial charge in [-0.1, -0.05) is 13.8 Å². The first-order valence-electron chi connectivity index (χ1n) is 5.51. The van der Waals surface area contributed by atoms with E-state index in [4.69, 9.17) is 15.2 Å². The van der Waals surface area contributed by atoms with Gasteiger partial charge in [-0.25, -0.2) is 0 Å². The highest BCUT2D eigenvalue weighted by Gasteiger charge is 2.03. The Labute approximate surface area is 88.0 Å². The molecular formula is C11H25NO2. The largest absolute Gasteiger partial charge is 0.353 e. The Hall–Kier alpha value is -0.120. The fourth-order valence-electron chi connectivity index (χ4n) is 0.938. The van der Waals surface area contributed by atoms with Crippen LogP contribution in [0.3, 0.4) is 0 Å². The SMILES string of the molecule is CC(C)CCOC(C)OCCC(C)N. The Bertz CT molecular complexity index is 112. The fourth-order valence-corrected chi connectivity index (χ4v) is 0.938. The minimum Gasteiger partial charge on any atom is -0.353 e. The molecule has 0 bridgehead atoms. The van der Waals surface area contributed by atoms with Gasteiger partial charge in [0.25, 0.3) is 0 Å². The molecule has 0 rings (SSSR count). The van der Waals surface area contributed by atoms with E-state index < -0.39 is 0 Å². The number of hydrogen-bond donors (Lipinski definition) is 1. The van der Waals surface area contributed by atoms with Crippen molar-refractivity contribution >= 4 is 0 Å². The summed E-state index contributed by atoms with van der Waals surface area (Å²) >= 11 is 0. The van der Waals surface area contributed by atoms with Gasteiger partial charge < -0.3 is 15.2 Å². The third-order valence-electron chi connectivity index (χ3n) is 1.97. The zero-order valence-electron chi connectivity index (χ0n) is 9.95. The molecule has 86 valence electrons. The van der Waals surface area contributed by atoms with Gasteiger partial charge in [-0.05, 0) is 32.6 Å². The van der Waals surface area contributed by atoms with Gasteiger partial charge in [0.15, 0.2) is 6.29 Å². The molecule has 0 aromatic heterocycles. The molecule has 0 fully saturated rings. The van der Waals surface area contributed by atoms with Crippen LogP contribution in [0.2, 0.25) is 0 Å². The lowest BCUT2D eigenvalue weighted by atomic mass is 10.1. The molecule has 0 amide bonds. The van der Waals surface area contributed by atoms with Crippen LogP contribution < -0.4 is 5.73 Å². The van der Waals surface area contributed by atoms with Gasteiger partial charge in [-0.2, -0.15) is 0 Å². The monoisotopic (exact) mass is 203 g/mol. The third-order valence-corrected chi connectivity index (χ3v) is 1.97. The Balaban J connectivity index is 3.23. The molecule has 0 saturated carbocycles. The summed E-state index contributed by atoms with van der Waals surface area (Å²) in [5.74, 6) is 0.686. The van der Waals surface area contributed by atoms with Gasteiger partial charge in [-0.15, -0.1) is 0 Å². The Morgan fingerprint density at radius 3 is 1.86 bits per heavy atom. The van der Waals surface area contributed by atoms with E-state index in [1.54, 1.807) is 0 Å². The van der Waals surface area contributed by atoms with Crippen molar-refractivity contribution in [3.63, 3.8) is 0 Å². The highest BCUT2D eigenvalue weighted by atomic mass is 16.7. The number of nitrogens with two attached hydrogens (primary N) is 1. The van der Waals surface area contributed by atoms with E-state index in [0.29, 0.717) is 12.5 Å². The summed E-state index contributed by atoms with van der Waals surface area (Å²) in [7, 11) is 0. The molecule has 0 aliphatic carbocycles. The third kappa shape index (κ3) is 9.96. The molecule has 0 aliphatic rings. The maximum atomic E-state index is 5.60. The van der Waals surface area contributed by atoms with Gasteiger partial charge in [0.1, 0.15) is 0 Å². The highest BCUT2D eigenvalue weighted by Crippen LogP contribution is 2.02. The molecule has 14 heavy (non-hydrogen) atoms. The molecule has 2 atom stereocenters. The van der Waals surface area contributed by atoms with Gasteiger partial charge in [0, 0.05) is 12.6 Å². The summed E-state index contributed by atoms with van der Waals surface area (Å²) in [6.45, 7) is 9.74. The van der Waals surface area contributed by atoms with E-state index in [9.17, 15) is 0 Å². The predicted molar refractivity (Wildman–Crippen MR) is 59.1 cm³/mol. The Kier molecular flexibility index (Phi) is 8.14. The minimum absolute atomic E-state index is 0.104. The molecule has 2 N–H and O–H groups in total. The number of rotatable bonds is 8. The first-order valence-corrected chi connectivity index (χ1v) is 5.51. The van der Waals surface area contributed by atoms with Crippen molar-refractivity contribution in [1.29, 1.82) is 0 Å². The second-order valence-corrected chi connectivity index (χ2v) is 4.26. The lowest BCUT2D eigenvalue weighted by Crippen LogP contribution is -2.21. The van der Waals surface area contributed by atoms with Crippen LogP contribution in [0, 0.1) is 5.92 Å². The molecule has 3 heteroatoms. The molecule has 3 nitrogen and oxygen atoms in total. The first-order chi connectivity index (χ1) is 6.52.